The first kappa shape index (κ1) is 12.3. The molecule has 0 aliphatic carbocycles. The van der Waals surface area contributed by atoms with Crippen LogP contribution in [0.4, 0.5) is 0 Å². The van der Waals surface area contributed by atoms with Crippen LogP contribution in [-0.4, -0.2) is 40.3 Å². The Hall–Kier alpha value is -0.770. The van der Waals surface area contributed by atoms with Crippen molar-refractivity contribution in [2.75, 3.05) is 12.4 Å². The number of halogens is 1. The zero-order valence-corrected chi connectivity index (χ0v) is 9.54. The number of likely N-dealkylation sites (tertiary alicyclic amines) is 1. The molecule has 1 fully saturated rings. The number of amides is 1. The van der Waals surface area contributed by atoms with Crippen molar-refractivity contribution in [3.8, 4) is 0 Å². The van der Waals surface area contributed by atoms with E-state index < -0.39 is 12.0 Å². The molecule has 0 radical (unpaired) electrons. The molecule has 1 amide bonds. The first-order chi connectivity index (χ1) is 7.10. The van der Waals surface area contributed by atoms with Gasteiger partial charge in [-0.25, -0.2) is 4.79 Å². The van der Waals surface area contributed by atoms with Crippen LogP contribution in [0.3, 0.4) is 0 Å². The molecule has 86 valence electrons. The highest BCUT2D eigenvalue weighted by Crippen LogP contribution is 2.23. The largest absolute Gasteiger partial charge is 0.480 e. The normalized spacial score (nSPS) is 23.2. The molecule has 1 unspecified atom stereocenters. The molecule has 1 aliphatic heterocycles. The highest BCUT2D eigenvalue weighted by molar-refractivity contribution is 6.18. The standard InChI is InChI=1S/C10H16ClNO3/c1-2-3-8(10(14)15)12-6-7(5-11)4-9(12)13/h7-8H,2-6H2,1H3,(H,14,15)/t7?,8-/m0/s1. The quantitative estimate of drug-likeness (QED) is 0.729. The summed E-state index contributed by atoms with van der Waals surface area (Å²) in [5.74, 6) is -0.472. The lowest BCUT2D eigenvalue weighted by atomic mass is 10.1. The van der Waals surface area contributed by atoms with E-state index in [4.69, 9.17) is 16.7 Å². The summed E-state index contributed by atoms with van der Waals surface area (Å²) in [5, 5.41) is 9.01. The molecule has 0 aromatic heterocycles. The zero-order valence-electron chi connectivity index (χ0n) is 8.78. The predicted octanol–water partition coefficient (Wildman–Crippen LogP) is 1.33. The molecule has 1 N–H and O–H groups in total. The molecule has 0 spiro atoms. The van der Waals surface area contributed by atoms with Gasteiger partial charge >= 0.3 is 5.97 Å². The van der Waals surface area contributed by atoms with Gasteiger partial charge in [-0.3, -0.25) is 4.79 Å². The lowest BCUT2D eigenvalue weighted by molar-refractivity contribution is -0.148. The number of aliphatic carboxylic acids is 1. The minimum absolute atomic E-state index is 0.0819. The molecular weight excluding hydrogens is 218 g/mol. The topological polar surface area (TPSA) is 57.6 Å². The minimum atomic E-state index is -0.916. The number of carboxylic acid groups (broad SMARTS) is 1. The van der Waals surface area contributed by atoms with Crippen LogP contribution < -0.4 is 0 Å². The number of carboxylic acids is 1. The predicted molar refractivity (Wildman–Crippen MR) is 56.9 cm³/mol. The van der Waals surface area contributed by atoms with Crippen molar-refractivity contribution in [3.05, 3.63) is 0 Å². The van der Waals surface area contributed by atoms with Gasteiger partial charge < -0.3 is 10.0 Å². The first-order valence-electron chi connectivity index (χ1n) is 5.18. The van der Waals surface area contributed by atoms with Gasteiger partial charge in [-0.1, -0.05) is 13.3 Å². The van der Waals surface area contributed by atoms with Crippen molar-refractivity contribution in [1.82, 2.24) is 4.90 Å². The second kappa shape index (κ2) is 5.35. The van der Waals surface area contributed by atoms with Crippen LogP contribution in [0.15, 0.2) is 0 Å². The number of hydrogen-bond donors (Lipinski definition) is 1. The van der Waals surface area contributed by atoms with Crippen molar-refractivity contribution in [3.63, 3.8) is 0 Å². The van der Waals surface area contributed by atoms with Crippen LogP contribution in [0.1, 0.15) is 26.2 Å². The summed E-state index contributed by atoms with van der Waals surface area (Å²) in [6.45, 7) is 2.40. The van der Waals surface area contributed by atoms with Crippen molar-refractivity contribution in [2.24, 2.45) is 5.92 Å². The molecule has 1 saturated heterocycles. The van der Waals surface area contributed by atoms with Crippen LogP contribution in [0, 0.1) is 5.92 Å². The van der Waals surface area contributed by atoms with Crippen molar-refractivity contribution >= 4 is 23.5 Å². The van der Waals surface area contributed by atoms with Gasteiger partial charge in [0.05, 0.1) is 0 Å². The van der Waals surface area contributed by atoms with E-state index in [2.05, 4.69) is 0 Å². The SMILES string of the molecule is CCC[C@@H](C(=O)O)N1CC(CCl)CC1=O. The fourth-order valence-electron chi connectivity index (χ4n) is 1.90. The van der Waals surface area contributed by atoms with Gasteiger partial charge in [0.25, 0.3) is 0 Å². The third-order valence-electron chi connectivity index (χ3n) is 2.68. The van der Waals surface area contributed by atoms with Crippen LogP contribution in [-0.2, 0) is 9.59 Å². The van der Waals surface area contributed by atoms with E-state index in [-0.39, 0.29) is 11.8 Å². The summed E-state index contributed by atoms with van der Waals surface area (Å²) in [7, 11) is 0. The van der Waals surface area contributed by atoms with Crippen LogP contribution in [0.2, 0.25) is 0 Å². The average molecular weight is 234 g/mol. The number of alkyl halides is 1. The maximum absolute atomic E-state index is 11.6. The molecule has 0 aromatic rings. The summed E-state index contributed by atoms with van der Waals surface area (Å²) < 4.78 is 0. The van der Waals surface area contributed by atoms with E-state index >= 15 is 0 Å². The fraction of sp³-hybridized carbons (Fsp3) is 0.800. The summed E-state index contributed by atoms with van der Waals surface area (Å²) in [4.78, 5) is 24.0. The summed E-state index contributed by atoms with van der Waals surface area (Å²) >= 11 is 5.67. The second-order valence-electron chi connectivity index (χ2n) is 3.91. The Kier molecular flexibility index (Phi) is 4.39. The van der Waals surface area contributed by atoms with Gasteiger partial charge in [-0.05, 0) is 12.3 Å². The highest BCUT2D eigenvalue weighted by Gasteiger charge is 2.36. The van der Waals surface area contributed by atoms with Crippen LogP contribution >= 0.6 is 11.6 Å². The number of hydrogen-bond acceptors (Lipinski definition) is 2. The first-order valence-corrected chi connectivity index (χ1v) is 5.71. The maximum Gasteiger partial charge on any atom is 0.326 e. The van der Waals surface area contributed by atoms with Gasteiger partial charge in [0.15, 0.2) is 0 Å². The Balaban J connectivity index is 2.68. The second-order valence-corrected chi connectivity index (χ2v) is 4.22. The third-order valence-corrected chi connectivity index (χ3v) is 3.12. The van der Waals surface area contributed by atoms with Crippen molar-refractivity contribution < 1.29 is 14.7 Å². The van der Waals surface area contributed by atoms with E-state index in [1.807, 2.05) is 6.92 Å². The number of nitrogens with zero attached hydrogens (tertiary/aromatic N) is 1. The minimum Gasteiger partial charge on any atom is -0.480 e. The van der Waals surface area contributed by atoms with Crippen LogP contribution in [0.5, 0.6) is 0 Å². The van der Waals surface area contributed by atoms with E-state index in [1.54, 1.807) is 0 Å². The maximum atomic E-state index is 11.6. The van der Waals surface area contributed by atoms with E-state index in [0.717, 1.165) is 6.42 Å². The van der Waals surface area contributed by atoms with Gasteiger partial charge in [0.2, 0.25) is 5.91 Å². The smallest absolute Gasteiger partial charge is 0.326 e. The van der Waals surface area contributed by atoms with Crippen LogP contribution in [0.25, 0.3) is 0 Å². The molecule has 4 nitrogen and oxygen atoms in total. The third kappa shape index (κ3) is 2.84. The number of rotatable bonds is 5. The van der Waals surface area contributed by atoms with Gasteiger partial charge in [0.1, 0.15) is 6.04 Å². The molecular formula is C10H16ClNO3. The lowest BCUT2D eigenvalue weighted by Crippen LogP contribution is -2.42. The van der Waals surface area contributed by atoms with E-state index in [9.17, 15) is 9.59 Å². The monoisotopic (exact) mass is 233 g/mol. The summed E-state index contributed by atoms with van der Waals surface area (Å²) in [5.41, 5.74) is 0. The van der Waals surface area contributed by atoms with Gasteiger partial charge in [-0.2, -0.15) is 0 Å². The average Bonchev–Trinajstić information content (AvgIpc) is 2.55. The fourth-order valence-corrected chi connectivity index (χ4v) is 2.11. The number of carbonyl (C=O) groups is 2. The molecule has 1 heterocycles. The Morgan fingerprint density at radius 3 is 2.80 bits per heavy atom. The molecule has 0 bridgehead atoms. The highest BCUT2D eigenvalue weighted by atomic mass is 35.5. The number of carbonyl (C=O) groups excluding carboxylic acids is 1. The van der Waals surface area contributed by atoms with Gasteiger partial charge in [-0.15, -0.1) is 11.6 Å². The molecule has 0 aromatic carbocycles. The lowest BCUT2D eigenvalue weighted by Gasteiger charge is -2.24. The Morgan fingerprint density at radius 2 is 2.40 bits per heavy atom. The zero-order chi connectivity index (χ0) is 11.4. The Bertz CT molecular complexity index is 257. The molecule has 2 atom stereocenters. The van der Waals surface area contributed by atoms with E-state index in [1.165, 1.54) is 4.90 Å². The molecule has 1 aliphatic rings. The van der Waals surface area contributed by atoms with Crippen molar-refractivity contribution in [1.29, 1.82) is 0 Å². The molecule has 5 heteroatoms. The van der Waals surface area contributed by atoms with Gasteiger partial charge in [0, 0.05) is 18.8 Å². The van der Waals surface area contributed by atoms with Crippen molar-refractivity contribution in [2.45, 2.75) is 32.2 Å². The molecule has 0 saturated carbocycles. The molecule has 1 rings (SSSR count). The summed E-state index contributed by atoms with van der Waals surface area (Å²) in [6, 6.07) is -0.671. The van der Waals surface area contributed by atoms with E-state index in [0.29, 0.717) is 25.3 Å². The Labute approximate surface area is 94.2 Å². The Morgan fingerprint density at radius 1 is 1.73 bits per heavy atom. The summed E-state index contributed by atoms with van der Waals surface area (Å²) in [6.07, 6.45) is 1.65. The molecule has 15 heavy (non-hydrogen) atoms.